The average Bonchev–Trinajstić information content (AvgIpc) is 2.84. The topological polar surface area (TPSA) is 93.4 Å². The lowest BCUT2D eigenvalue weighted by Gasteiger charge is -2.19. The van der Waals surface area contributed by atoms with Gasteiger partial charge in [-0.2, -0.15) is 4.98 Å². The number of aromatic nitrogens is 2. The van der Waals surface area contributed by atoms with Crippen LogP contribution in [0.1, 0.15) is 19.3 Å². The van der Waals surface area contributed by atoms with E-state index >= 15 is 0 Å². The molecule has 110 valence electrons. The van der Waals surface area contributed by atoms with Crippen molar-refractivity contribution >= 4 is 11.5 Å². The van der Waals surface area contributed by atoms with Gasteiger partial charge in [0, 0.05) is 13.1 Å². The molecule has 0 aromatic carbocycles. The van der Waals surface area contributed by atoms with Crippen LogP contribution in [0.25, 0.3) is 0 Å². The van der Waals surface area contributed by atoms with Gasteiger partial charge in [-0.15, -0.1) is 0 Å². The van der Waals surface area contributed by atoms with Crippen molar-refractivity contribution in [3.8, 4) is 5.88 Å². The first-order valence-corrected chi connectivity index (χ1v) is 6.63. The molecule has 0 bridgehead atoms. The summed E-state index contributed by atoms with van der Waals surface area (Å²) in [7, 11) is 3.66. The third-order valence-corrected chi connectivity index (χ3v) is 3.57. The molecule has 1 fully saturated rings. The molecule has 8 heteroatoms. The molecule has 1 aliphatic heterocycles. The zero-order valence-corrected chi connectivity index (χ0v) is 11.7. The second-order valence-corrected chi connectivity index (χ2v) is 4.80. The van der Waals surface area contributed by atoms with Crippen LogP contribution in [-0.4, -0.2) is 53.1 Å². The largest absolute Gasteiger partial charge is 0.473 e. The molecule has 2 rings (SSSR count). The number of ether oxygens (including phenoxy) is 1. The summed E-state index contributed by atoms with van der Waals surface area (Å²) in [5.74, 6) is 0.188. The quantitative estimate of drug-likeness (QED) is 0.620. The summed E-state index contributed by atoms with van der Waals surface area (Å²) in [6.07, 6.45) is 4.44. The lowest BCUT2D eigenvalue weighted by Crippen LogP contribution is -2.26. The number of hydrogen-bond acceptors (Lipinski definition) is 7. The lowest BCUT2D eigenvalue weighted by molar-refractivity contribution is -0.385. The molecule has 1 aromatic heterocycles. The molecule has 20 heavy (non-hydrogen) atoms. The van der Waals surface area contributed by atoms with E-state index in [9.17, 15) is 10.1 Å². The standard InChI is InChI=1S/C12H19N5O3/c1-13-11-10(17(18)19)12(15-8-14-11)20-7-5-9-4-3-6-16(9)2/h8-9H,3-7H2,1-2H3,(H,13,14,15). The van der Waals surface area contributed by atoms with Crippen LogP contribution < -0.4 is 10.1 Å². The van der Waals surface area contributed by atoms with E-state index < -0.39 is 4.92 Å². The molecule has 0 saturated carbocycles. The van der Waals surface area contributed by atoms with Gasteiger partial charge in [0.2, 0.25) is 5.82 Å². The number of anilines is 1. The maximum Gasteiger partial charge on any atom is 0.372 e. The Hall–Kier alpha value is -1.96. The third-order valence-electron chi connectivity index (χ3n) is 3.57. The Bertz CT molecular complexity index is 482. The van der Waals surface area contributed by atoms with Gasteiger partial charge < -0.3 is 15.0 Å². The van der Waals surface area contributed by atoms with Gasteiger partial charge in [0.05, 0.1) is 11.5 Å². The van der Waals surface area contributed by atoms with Gasteiger partial charge in [0.1, 0.15) is 6.33 Å². The van der Waals surface area contributed by atoms with Crippen molar-refractivity contribution in [1.29, 1.82) is 0 Å². The van der Waals surface area contributed by atoms with E-state index in [0.29, 0.717) is 12.6 Å². The molecule has 0 aliphatic carbocycles. The summed E-state index contributed by atoms with van der Waals surface area (Å²) in [6.45, 7) is 1.51. The monoisotopic (exact) mass is 281 g/mol. The molecule has 0 spiro atoms. The van der Waals surface area contributed by atoms with Crippen LogP contribution >= 0.6 is 0 Å². The van der Waals surface area contributed by atoms with Crippen LogP contribution in [0.4, 0.5) is 11.5 Å². The maximum absolute atomic E-state index is 11.1. The number of rotatable bonds is 6. The zero-order valence-electron chi connectivity index (χ0n) is 11.7. The first kappa shape index (κ1) is 14.4. The lowest BCUT2D eigenvalue weighted by atomic mass is 10.1. The summed E-state index contributed by atoms with van der Waals surface area (Å²) < 4.78 is 5.49. The van der Waals surface area contributed by atoms with Crippen molar-refractivity contribution < 1.29 is 9.66 Å². The second-order valence-electron chi connectivity index (χ2n) is 4.80. The molecule has 1 N–H and O–H groups in total. The summed E-state index contributed by atoms with van der Waals surface area (Å²) in [6, 6.07) is 0.486. The summed E-state index contributed by atoms with van der Waals surface area (Å²) >= 11 is 0. The van der Waals surface area contributed by atoms with Crippen LogP contribution in [0.15, 0.2) is 6.33 Å². The van der Waals surface area contributed by atoms with Gasteiger partial charge in [-0.05, 0) is 32.9 Å². The molecular formula is C12H19N5O3. The van der Waals surface area contributed by atoms with Gasteiger partial charge in [0.25, 0.3) is 5.88 Å². The second kappa shape index (κ2) is 6.47. The minimum Gasteiger partial charge on any atom is -0.473 e. The van der Waals surface area contributed by atoms with Gasteiger partial charge >= 0.3 is 5.69 Å². The average molecular weight is 281 g/mol. The molecule has 1 saturated heterocycles. The fourth-order valence-corrected chi connectivity index (χ4v) is 2.45. The van der Waals surface area contributed by atoms with Crippen molar-refractivity contribution in [3.63, 3.8) is 0 Å². The normalized spacial score (nSPS) is 19.0. The number of nitrogens with zero attached hydrogens (tertiary/aromatic N) is 4. The van der Waals surface area contributed by atoms with Gasteiger partial charge in [-0.1, -0.05) is 0 Å². The summed E-state index contributed by atoms with van der Waals surface area (Å²) in [4.78, 5) is 20.5. The van der Waals surface area contributed by atoms with Crippen LogP contribution in [0.5, 0.6) is 5.88 Å². The first-order valence-electron chi connectivity index (χ1n) is 6.63. The highest BCUT2D eigenvalue weighted by molar-refractivity contribution is 5.60. The molecule has 1 aromatic rings. The minimum absolute atomic E-state index is 0.0231. The Kier molecular flexibility index (Phi) is 4.67. The number of nitro groups is 1. The Balaban J connectivity index is 2.00. The van der Waals surface area contributed by atoms with E-state index in [1.54, 1.807) is 7.05 Å². The predicted octanol–water partition coefficient (Wildman–Crippen LogP) is 1.29. The molecule has 0 amide bonds. The molecule has 0 radical (unpaired) electrons. The SMILES string of the molecule is CNc1ncnc(OCCC2CCCN2C)c1[N+](=O)[O-]. The molecule has 1 atom stereocenters. The van der Waals surface area contributed by atoms with Gasteiger partial charge in [-0.25, -0.2) is 4.98 Å². The van der Waals surface area contributed by atoms with Crippen LogP contribution in [0.2, 0.25) is 0 Å². The van der Waals surface area contributed by atoms with Crippen LogP contribution in [0, 0.1) is 10.1 Å². The van der Waals surface area contributed by atoms with E-state index in [-0.39, 0.29) is 17.4 Å². The van der Waals surface area contributed by atoms with Crippen molar-refractivity contribution in [3.05, 3.63) is 16.4 Å². The van der Waals surface area contributed by atoms with Crippen LogP contribution in [0.3, 0.4) is 0 Å². The molecule has 2 heterocycles. The number of hydrogen-bond donors (Lipinski definition) is 1. The number of likely N-dealkylation sites (tertiary alicyclic amines) is 1. The zero-order chi connectivity index (χ0) is 14.5. The van der Waals surface area contributed by atoms with E-state index in [0.717, 1.165) is 19.4 Å². The molecule has 8 nitrogen and oxygen atoms in total. The van der Waals surface area contributed by atoms with Crippen molar-refractivity contribution in [2.45, 2.75) is 25.3 Å². The Morgan fingerprint density at radius 3 is 3.00 bits per heavy atom. The smallest absolute Gasteiger partial charge is 0.372 e. The summed E-state index contributed by atoms with van der Waals surface area (Å²) in [5, 5.41) is 13.7. The molecule has 1 aliphatic rings. The highest BCUT2D eigenvalue weighted by Gasteiger charge is 2.25. The van der Waals surface area contributed by atoms with Crippen molar-refractivity contribution in [2.24, 2.45) is 0 Å². The van der Waals surface area contributed by atoms with Gasteiger partial charge in [-0.3, -0.25) is 10.1 Å². The van der Waals surface area contributed by atoms with E-state index in [1.165, 1.54) is 12.7 Å². The Labute approximate surface area is 117 Å². The third kappa shape index (κ3) is 3.13. The number of nitrogens with one attached hydrogen (secondary N) is 1. The van der Waals surface area contributed by atoms with E-state index in [1.807, 2.05) is 0 Å². The van der Waals surface area contributed by atoms with Gasteiger partial charge in [0.15, 0.2) is 0 Å². The fraction of sp³-hybridized carbons (Fsp3) is 0.667. The summed E-state index contributed by atoms with van der Waals surface area (Å²) in [5.41, 5.74) is -0.213. The molecule has 1 unspecified atom stereocenters. The maximum atomic E-state index is 11.1. The Morgan fingerprint density at radius 2 is 2.40 bits per heavy atom. The van der Waals surface area contributed by atoms with E-state index in [4.69, 9.17) is 4.74 Å². The first-order chi connectivity index (χ1) is 9.63. The highest BCUT2D eigenvalue weighted by atomic mass is 16.6. The fourth-order valence-electron chi connectivity index (χ4n) is 2.45. The van der Waals surface area contributed by atoms with Crippen LogP contribution in [-0.2, 0) is 0 Å². The Morgan fingerprint density at radius 1 is 1.60 bits per heavy atom. The minimum atomic E-state index is -0.525. The van der Waals surface area contributed by atoms with Crippen molar-refractivity contribution in [1.82, 2.24) is 14.9 Å². The molecular weight excluding hydrogens is 262 g/mol. The predicted molar refractivity (Wildman–Crippen MR) is 74.0 cm³/mol. The highest BCUT2D eigenvalue weighted by Crippen LogP contribution is 2.30. The van der Waals surface area contributed by atoms with E-state index in [2.05, 4.69) is 27.2 Å². The van der Waals surface area contributed by atoms with Crippen molar-refractivity contribution in [2.75, 3.05) is 32.6 Å².